The molecule has 3 rings (SSSR count). The number of hydrogen-bond donors (Lipinski definition) is 1. The molecule has 1 aliphatic heterocycles. The Kier molecular flexibility index (Phi) is 6.56. The van der Waals surface area contributed by atoms with Crippen LogP contribution in [0.4, 0.5) is 13.2 Å². The predicted molar refractivity (Wildman–Crippen MR) is 92.5 cm³/mol. The van der Waals surface area contributed by atoms with Gasteiger partial charge in [-0.05, 0) is 43.0 Å². The predicted octanol–water partition coefficient (Wildman–Crippen LogP) is 3.36. The summed E-state index contributed by atoms with van der Waals surface area (Å²) < 4.78 is 53.4. The third-order valence-electron chi connectivity index (χ3n) is 4.44. The molecule has 1 N–H and O–H groups in total. The fourth-order valence-electron chi connectivity index (χ4n) is 2.84. The van der Waals surface area contributed by atoms with Gasteiger partial charge in [0.05, 0.1) is 17.7 Å². The van der Waals surface area contributed by atoms with Crippen molar-refractivity contribution in [1.29, 1.82) is 0 Å². The quantitative estimate of drug-likeness (QED) is 0.774. The van der Waals surface area contributed by atoms with Gasteiger partial charge in [-0.25, -0.2) is 0 Å². The molecule has 9 heteroatoms. The van der Waals surface area contributed by atoms with Crippen LogP contribution < -0.4 is 10.1 Å². The second-order valence-electron chi connectivity index (χ2n) is 6.63. The summed E-state index contributed by atoms with van der Waals surface area (Å²) in [6, 6.07) is 5.97. The minimum atomic E-state index is -4.39. The second-order valence-corrected chi connectivity index (χ2v) is 6.63. The van der Waals surface area contributed by atoms with Gasteiger partial charge in [0.1, 0.15) is 12.4 Å². The highest BCUT2D eigenvalue weighted by molar-refractivity contribution is 5.78. The van der Waals surface area contributed by atoms with Gasteiger partial charge in [-0.3, -0.25) is 4.79 Å². The number of hydrogen-bond acceptors (Lipinski definition) is 5. The topological polar surface area (TPSA) is 73.6 Å². The molecule has 0 atom stereocenters. The number of amides is 1. The summed E-state index contributed by atoms with van der Waals surface area (Å²) in [5.74, 6) is 0.949. The molecule has 1 aromatic carbocycles. The third kappa shape index (κ3) is 5.98. The molecular formula is C19H21F3N2O4. The number of alkyl halides is 3. The number of aromatic nitrogens is 1. The van der Waals surface area contributed by atoms with E-state index in [2.05, 4.69) is 10.5 Å². The van der Waals surface area contributed by atoms with Crippen molar-refractivity contribution < 1.29 is 32.0 Å². The summed E-state index contributed by atoms with van der Waals surface area (Å²) in [4.78, 5) is 12.0. The first-order valence-corrected chi connectivity index (χ1v) is 8.99. The lowest BCUT2D eigenvalue weighted by Crippen LogP contribution is -2.33. The Morgan fingerprint density at radius 3 is 2.61 bits per heavy atom. The SMILES string of the molecule is O=C(Cc1cc(COc2ccc(C(F)(F)F)cc2)on1)NCC1CCOCC1. The molecule has 1 saturated heterocycles. The standard InChI is InChI=1S/C19H21F3N2O4/c20-19(21,22)14-1-3-16(4-2-14)27-12-17-9-15(24-28-17)10-18(25)23-11-13-5-7-26-8-6-13/h1-4,9,13H,5-8,10-12H2,(H,23,25). The summed E-state index contributed by atoms with van der Waals surface area (Å²) in [5.41, 5.74) is -0.274. The smallest absolute Gasteiger partial charge is 0.416 e. The molecule has 0 unspecified atom stereocenters. The van der Waals surface area contributed by atoms with Gasteiger partial charge in [-0.2, -0.15) is 13.2 Å². The Morgan fingerprint density at radius 2 is 1.93 bits per heavy atom. The van der Waals surface area contributed by atoms with Crippen molar-refractivity contribution in [3.63, 3.8) is 0 Å². The van der Waals surface area contributed by atoms with Crippen molar-refractivity contribution in [2.75, 3.05) is 19.8 Å². The summed E-state index contributed by atoms with van der Waals surface area (Å²) in [5, 5.41) is 6.71. The highest BCUT2D eigenvalue weighted by Crippen LogP contribution is 2.30. The van der Waals surface area contributed by atoms with Crippen LogP contribution in [0.15, 0.2) is 34.9 Å². The molecular weight excluding hydrogens is 377 g/mol. The van der Waals surface area contributed by atoms with Gasteiger partial charge in [0, 0.05) is 25.8 Å². The van der Waals surface area contributed by atoms with E-state index in [1.807, 2.05) is 0 Å². The molecule has 1 aromatic heterocycles. The average Bonchev–Trinajstić information content (AvgIpc) is 3.12. The summed E-state index contributed by atoms with van der Waals surface area (Å²) in [6.45, 7) is 2.07. The van der Waals surface area contributed by atoms with Crippen LogP contribution in [0.2, 0.25) is 0 Å². The van der Waals surface area contributed by atoms with Gasteiger partial charge in [-0.15, -0.1) is 0 Å². The van der Waals surface area contributed by atoms with E-state index >= 15 is 0 Å². The lowest BCUT2D eigenvalue weighted by molar-refractivity contribution is -0.137. The molecule has 1 fully saturated rings. The molecule has 0 bridgehead atoms. The number of nitrogens with one attached hydrogen (secondary N) is 1. The summed E-state index contributed by atoms with van der Waals surface area (Å²) in [7, 11) is 0. The maximum atomic E-state index is 12.5. The molecule has 6 nitrogen and oxygen atoms in total. The van der Waals surface area contributed by atoms with Gasteiger partial charge >= 0.3 is 6.18 Å². The Hall–Kier alpha value is -2.55. The number of carbonyl (C=O) groups excluding carboxylic acids is 1. The molecule has 0 radical (unpaired) electrons. The Bertz CT molecular complexity index is 768. The van der Waals surface area contributed by atoms with E-state index in [1.165, 1.54) is 12.1 Å². The number of nitrogens with zero attached hydrogens (tertiary/aromatic N) is 1. The molecule has 28 heavy (non-hydrogen) atoms. The van der Waals surface area contributed by atoms with E-state index in [1.54, 1.807) is 6.07 Å². The number of benzene rings is 1. The number of carbonyl (C=O) groups is 1. The second kappa shape index (κ2) is 9.09. The molecule has 1 aliphatic rings. The highest BCUT2D eigenvalue weighted by Gasteiger charge is 2.30. The van der Waals surface area contributed by atoms with Gasteiger partial charge < -0.3 is 19.3 Å². The van der Waals surface area contributed by atoms with Crippen LogP contribution in [0.25, 0.3) is 0 Å². The van der Waals surface area contributed by atoms with E-state index < -0.39 is 11.7 Å². The van der Waals surface area contributed by atoms with Gasteiger partial charge in [0.2, 0.25) is 5.91 Å². The summed E-state index contributed by atoms with van der Waals surface area (Å²) in [6.07, 6.45) is -2.41. The van der Waals surface area contributed by atoms with Crippen LogP contribution in [0.1, 0.15) is 29.9 Å². The van der Waals surface area contributed by atoms with Crippen LogP contribution >= 0.6 is 0 Å². The molecule has 2 aromatic rings. The van der Waals surface area contributed by atoms with Crippen LogP contribution in [0.3, 0.4) is 0 Å². The minimum absolute atomic E-state index is 0.00204. The average molecular weight is 398 g/mol. The largest absolute Gasteiger partial charge is 0.486 e. The van der Waals surface area contributed by atoms with Gasteiger partial charge in [0.25, 0.3) is 0 Å². The molecule has 0 saturated carbocycles. The zero-order chi connectivity index (χ0) is 20.0. The van der Waals surface area contributed by atoms with Crippen molar-refractivity contribution in [3.8, 4) is 5.75 Å². The first kappa shape index (κ1) is 20.2. The summed E-state index contributed by atoms with van der Waals surface area (Å²) >= 11 is 0. The van der Waals surface area contributed by atoms with Crippen LogP contribution in [-0.4, -0.2) is 30.8 Å². The molecule has 2 heterocycles. The fourth-order valence-corrected chi connectivity index (χ4v) is 2.84. The van der Waals surface area contributed by atoms with Crippen LogP contribution in [0, 0.1) is 5.92 Å². The van der Waals surface area contributed by atoms with E-state index in [-0.39, 0.29) is 24.7 Å². The molecule has 0 aliphatic carbocycles. The highest BCUT2D eigenvalue weighted by atomic mass is 19.4. The Balaban J connectivity index is 1.42. The number of ether oxygens (including phenoxy) is 2. The minimum Gasteiger partial charge on any atom is -0.486 e. The first-order chi connectivity index (χ1) is 13.4. The zero-order valence-electron chi connectivity index (χ0n) is 15.1. The van der Waals surface area contributed by atoms with E-state index in [9.17, 15) is 18.0 Å². The van der Waals surface area contributed by atoms with Gasteiger partial charge in [-0.1, -0.05) is 5.16 Å². The first-order valence-electron chi connectivity index (χ1n) is 8.99. The lowest BCUT2D eigenvalue weighted by atomic mass is 10.0. The van der Waals surface area contributed by atoms with Crippen molar-refractivity contribution in [2.45, 2.75) is 32.0 Å². The van der Waals surface area contributed by atoms with Crippen molar-refractivity contribution in [1.82, 2.24) is 10.5 Å². The monoisotopic (exact) mass is 398 g/mol. The normalized spacial score (nSPS) is 15.4. The third-order valence-corrected chi connectivity index (χ3v) is 4.44. The van der Waals surface area contributed by atoms with Crippen LogP contribution in [0.5, 0.6) is 5.75 Å². The maximum absolute atomic E-state index is 12.5. The molecule has 0 spiro atoms. The van der Waals surface area contributed by atoms with E-state index in [4.69, 9.17) is 14.0 Å². The van der Waals surface area contributed by atoms with Crippen molar-refractivity contribution >= 4 is 5.91 Å². The zero-order valence-corrected chi connectivity index (χ0v) is 15.1. The van der Waals surface area contributed by atoms with E-state index in [0.29, 0.717) is 23.9 Å². The number of rotatable bonds is 7. The maximum Gasteiger partial charge on any atom is 0.416 e. The molecule has 1 amide bonds. The number of halogens is 3. The van der Waals surface area contributed by atoms with Crippen LogP contribution in [-0.2, 0) is 28.7 Å². The van der Waals surface area contributed by atoms with E-state index in [0.717, 1.165) is 38.2 Å². The Labute approximate surface area is 160 Å². The van der Waals surface area contributed by atoms with Crippen molar-refractivity contribution in [2.24, 2.45) is 5.92 Å². The molecule has 152 valence electrons. The lowest BCUT2D eigenvalue weighted by Gasteiger charge is -2.21. The van der Waals surface area contributed by atoms with Crippen molar-refractivity contribution in [3.05, 3.63) is 47.3 Å². The fraction of sp³-hybridized carbons (Fsp3) is 0.474. The Morgan fingerprint density at radius 1 is 1.21 bits per heavy atom. The van der Waals surface area contributed by atoms with Gasteiger partial charge in [0.15, 0.2) is 5.76 Å².